The molecule has 4 heteroatoms. The van der Waals surface area contributed by atoms with Crippen LogP contribution in [0, 0.1) is 0 Å². The van der Waals surface area contributed by atoms with Crippen molar-refractivity contribution in [1.82, 2.24) is 19.6 Å². The van der Waals surface area contributed by atoms with Crippen LogP contribution >= 0.6 is 0 Å². The third-order valence-corrected chi connectivity index (χ3v) is 6.35. The fourth-order valence-corrected chi connectivity index (χ4v) is 5.17. The summed E-state index contributed by atoms with van der Waals surface area (Å²) < 4.78 is 0. The molecular weight excluding hydrogens is 224 g/mol. The van der Waals surface area contributed by atoms with Crippen LogP contribution in [-0.2, 0) is 0 Å². The monoisotopic (exact) mass is 250 g/mol. The van der Waals surface area contributed by atoms with Crippen LogP contribution in [0.5, 0.6) is 0 Å². The second-order valence-corrected chi connectivity index (χ2v) is 6.70. The summed E-state index contributed by atoms with van der Waals surface area (Å²) in [6.45, 7) is 15.2. The number of rotatable bonds is 0. The lowest BCUT2D eigenvalue weighted by molar-refractivity contribution is -0.285. The first-order valence-electron chi connectivity index (χ1n) is 7.67. The molecule has 4 saturated heterocycles. The van der Waals surface area contributed by atoms with Crippen molar-refractivity contribution in [3.05, 3.63) is 0 Å². The number of hydrogen-bond donors (Lipinski definition) is 0. The summed E-state index contributed by atoms with van der Waals surface area (Å²) in [7, 11) is 0. The molecule has 102 valence electrons. The van der Waals surface area contributed by atoms with Gasteiger partial charge in [-0.05, 0) is 26.7 Å². The van der Waals surface area contributed by atoms with Gasteiger partial charge in [-0.1, -0.05) is 0 Å². The zero-order valence-electron chi connectivity index (χ0n) is 11.9. The minimum absolute atomic E-state index is 0.238. The van der Waals surface area contributed by atoms with Gasteiger partial charge in [0.25, 0.3) is 0 Å². The van der Waals surface area contributed by atoms with Crippen molar-refractivity contribution < 1.29 is 0 Å². The van der Waals surface area contributed by atoms with Crippen molar-refractivity contribution in [2.24, 2.45) is 0 Å². The maximum Gasteiger partial charge on any atom is 0.103 e. The molecule has 0 N–H and O–H groups in total. The van der Waals surface area contributed by atoms with E-state index in [0.29, 0.717) is 0 Å². The molecule has 4 heterocycles. The highest BCUT2D eigenvalue weighted by Gasteiger charge is 2.63. The molecule has 4 aliphatic rings. The second kappa shape index (κ2) is 3.69. The predicted octanol–water partition coefficient (Wildman–Crippen LogP) is 0.461. The molecule has 0 aromatic rings. The topological polar surface area (TPSA) is 13.0 Å². The molecule has 0 amide bonds. The van der Waals surface area contributed by atoms with E-state index in [9.17, 15) is 0 Å². The van der Waals surface area contributed by atoms with E-state index in [1.807, 2.05) is 0 Å². The Balaban J connectivity index is 1.83. The van der Waals surface area contributed by atoms with Gasteiger partial charge in [-0.2, -0.15) is 0 Å². The quantitative estimate of drug-likeness (QED) is 0.619. The Morgan fingerprint density at radius 2 is 0.778 bits per heavy atom. The van der Waals surface area contributed by atoms with Crippen molar-refractivity contribution in [3.8, 4) is 0 Å². The molecular formula is C14H26N4. The van der Waals surface area contributed by atoms with Gasteiger partial charge in [0.2, 0.25) is 0 Å². The first-order chi connectivity index (χ1) is 8.67. The Morgan fingerprint density at radius 3 is 1.06 bits per heavy atom. The standard InChI is InChI=1S/C14H26N4/c1-13-14(2)17-7-4-8-18(14)12-10-16(13)6-3-5-15(13)9-11-17/h3-12H2,1-2H3. The fraction of sp³-hybridized carbons (Fsp3) is 1.00. The molecule has 0 spiro atoms. The molecule has 0 radical (unpaired) electrons. The van der Waals surface area contributed by atoms with Gasteiger partial charge in [0, 0.05) is 52.4 Å². The molecule has 4 rings (SSSR count). The summed E-state index contributed by atoms with van der Waals surface area (Å²) in [6, 6.07) is 0. The van der Waals surface area contributed by atoms with Gasteiger partial charge < -0.3 is 0 Å². The van der Waals surface area contributed by atoms with Gasteiger partial charge in [-0.25, -0.2) is 0 Å². The van der Waals surface area contributed by atoms with E-state index in [2.05, 4.69) is 33.4 Å². The minimum atomic E-state index is 0.238. The molecule has 0 bridgehead atoms. The fourth-order valence-electron chi connectivity index (χ4n) is 5.17. The molecule has 0 unspecified atom stereocenters. The molecule has 0 aromatic carbocycles. The summed E-state index contributed by atoms with van der Waals surface area (Å²) in [5, 5.41) is 0. The van der Waals surface area contributed by atoms with E-state index < -0.39 is 0 Å². The van der Waals surface area contributed by atoms with Gasteiger partial charge in [0.1, 0.15) is 11.3 Å². The van der Waals surface area contributed by atoms with Gasteiger partial charge in [0.05, 0.1) is 0 Å². The van der Waals surface area contributed by atoms with Gasteiger partial charge in [-0.15, -0.1) is 0 Å². The van der Waals surface area contributed by atoms with Gasteiger partial charge in [0.15, 0.2) is 0 Å². The Morgan fingerprint density at radius 1 is 0.500 bits per heavy atom. The van der Waals surface area contributed by atoms with Crippen molar-refractivity contribution in [2.45, 2.75) is 38.0 Å². The summed E-state index contributed by atoms with van der Waals surface area (Å²) in [5.74, 6) is 0. The number of piperazine rings is 2. The third kappa shape index (κ3) is 1.16. The molecule has 0 aliphatic carbocycles. The van der Waals surface area contributed by atoms with Gasteiger partial charge >= 0.3 is 0 Å². The smallest absolute Gasteiger partial charge is 0.103 e. The van der Waals surface area contributed by atoms with Crippen LogP contribution in [0.3, 0.4) is 0 Å². The van der Waals surface area contributed by atoms with Crippen LogP contribution in [-0.4, -0.2) is 83.3 Å². The number of nitrogens with zero attached hydrogens (tertiary/aromatic N) is 4. The van der Waals surface area contributed by atoms with E-state index >= 15 is 0 Å². The molecule has 18 heavy (non-hydrogen) atoms. The van der Waals surface area contributed by atoms with Crippen LogP contribution < -0.4 is 0 Å². The lowest BCUT2D eigenvalue weighted by Crippen LogP contribution is -2.89. The molecule has 0 atom stereocenters. The average molecular weight is 250 g/mol. The summed E-state index contributed by atoms with van der Waals surface area (Å²) in [5.41, 5.74) is 0.477. The molecule has 0 aromatic heterocycles. The zero-order chi connectivity index (χ0) is 12.4. The van der Waals surface area contributed by atoms with Crippen LogP contribution in [0.4, 0.5) is 0 Å². The number of hydrogen-bond acceptors (Lipinski definition) is 4. The summed E-state index contributed by atoms with van der Waals surface area (Å²) >= 11 is 0. The SMILES string of the molecule is CC12N3CCCN1CCN1CCCN(CC3)C12C. The van der Waals surface area contributed by atoms with E-state index in [-0.39, 0.29) is 11.3 Å². The minimum Gasteiger partial charge on any atom is -0.282 e. The highest BCUT2D eigenvalue weighted by atomic mass is 15.6. The van der Waals surface area contributed by atoms with Gasteiger partial charge in [-0.3, -0.25) is 19.6 Å². The maximum absolute atomic E-state index is 2.77. The average Bonchev–Trinajstić information content (AvgIpc) is 2.37. The normalized spacial score (nSPS) is 47.0. The van der Waals surface area contributed by atoms with E-state index in [0.717, 1.165) is 0 Å². The predicted molar refractivity (Wildman–Crippen MR) is 72.3 cm³/mol. The van der Waals surface area contributed by atoms with Crippen LogP contribution in [0.15, 0.2) is 0 Å². The first-order valence-corrected chi connectivity index (χ1v) is 7.67. The Hall–Kier alpha value is -0.160. The Kier molecular flexibility index (Phi) is 2.39. The molecule has 4 nitrogen and oxygen atoms in total. The largest absolute Gasteiger partial charge is 0.282 e. The summed E-state index contributed by atoms with van der Waals surface area (Å²) in [4.78, 5) is 11.1. The molecule has 4 aliphatic heterocycles. The van der Waals surface area contributed by atoms with Crippen molar-refractivity contribution in [3.63, 3.8) is 0 Å². The lowest BCUT2D eigenvalue weighted by atomic mass is 9.80. The third-order valence-electron chi connectivity index (χ3n) is 6.35. The van der Waals surface area contributed by atoms with Crippen molar-refractivity contribution >= 4 is 0 Å². The highest BCUT2D eigenvalue weighted by Crippen LogP contribution is 2.47. The zero-order valence-corrected chi connectivity index (χ0v) is 11.9. The first kappa shape index (κ1) is 11.6. The van der Waals surface area contributed by atoms with E-state index in [4.69, 9.17) is 0 Å². The lowest BCUT2D eigenvalue weighted by Gasteiger charge is -2.73. The summed E-state index contributed by atoms with van der Waals surface area (Å²) in [6.07, 6.45) is 2.71. The molecule has 4 fully saturated rings. The van der Waals surface area contributed by atoms with Crippen molar-refractivity contribution in [2.75, 3.05) is 52.4 Å². The van der Waals surface area contributed by atoms with E-state index in [1.165, 1.54) is 65.2 Å². The van der Waals surface area contributed by atoms with E-state index in [1.54, 1.807) is 0 Å². The van der Waals surface area contributed by atoms with Crippen LogP contribution in [0.2, 0.25) is 0 Å². The van der Waals surface area contributed by atoms with Crippen molar-refractivity contribution in [1.29, 1.82) is 0 Å². The molecule has 0 saturated carbocycles. The van der Waals surface area contributed by atoms with Crippen LogP contribution in [0.1, 0.15) is 26.7 Å². The van der Waals surface area contributed by atoms with Crippen LogP contribution in [0.25, 0.3) is 0 Å². The Labute approximate surface area is 110 Å². The Bertz CT molecular complexity index is 298. The highest BCUT2D eigenvalue weighted by molar-refractivity contribution is 5.15. The second-order valence-electron chi connectivity index (χ2n) is 6.70. The maximum atomic E-state index is 2.77.